The lowest BCUT2D eigenvalue weighted by Gasteiger charge is -2.23. The summed E-state index contributed by atoms with van der Waals surface area (Å²) in [5.74, 6) is 0.0378. The summed E-state index contributed by atoms with van der Waals surface area (Å²) < 4.78 is 31.3. The highest BCUT2D eigenvalue weighted by molar-refractivity contribution is 7.89. The largest absolute Gasteiger partial charge is 0.482 e. The zero-order valence-electron chi connectivity index (χ0n) is 17.9. The molecule has 3 aromatic carbocycles. The normalized spacial score (nSPS) is 11.4. The first-order valence-corrected chi connectivity index (χ1v) is 11.8. The maximum atomic E-state index is 13.0. The molecule has 1 amide bonds. The zero-order chi connectivity index (χ0) is 23.1. The topological polar surface area (TPSA) is 66.9 Å². The summed E-state index contributed by atoms with van der Waals surface area (Å²) in [5, 5.41) is 0.124. The predicted octanol–water partition coefficient (Wildman–Crippen LogP) is 4.20. The van der Waals surface area contributed by atoms with E-state index in [0.29, 0.717) is 13.1 Å². The van der Waals surface area contributed by atoms with Crippen LogP contribution in [0.4, 0.5) is 0 Å². The number of carbonyl (C=O) groups excluding carboxylic acids is 1. The lowest BCUT2D eigenvalue weighted by Crippen LogP contribution is -2.34. The van der Waals surface area contributed by atoms with Crippen molar-refractivity contribution in [3.63, 3.8) is 0 Å². The lowest BCUT2D eigenvalue weighted by atomic mass is 10.1. The van der Waals surface area contributed by atoms with Crippen LogP contribution in [0.5, 0.6) is 5.75 Å². The van der Waals surface area contributed by atoms with E-state index in [9.17, 15) is 13.2 Å². The Morgan fingerprint density at radius 2 is 1.41 bits per heavy atom. The third-order valence-electron chi connectivity index (χ3n) is 4.82. The van der Waals surface area contributed by atoms with Gasteiger partial charge in [0.15, 0.2) is 6.61 Å². The molecule has 0 atom stereocenters. The van der Waals surface area contributed by atoms with Crippen LogP contribution in [-0.4, -0.2) is 44.2 Å². The molecule has 32 heavy (non-hydrogen) atoms. The van der Waals surface area contributed by atoms with Gasteiger partial charge in [0.25, 0.3) is 5.91 Å². The van der Waals surface area contributed by atoms with E-state index in [-0.39, 0.29) is 28.2 Å². The zero-order valence-corrected chi connectivity index (χ0v) is 19.5. The molecule has 8 heteroatoms. The van der Waals surface area contributed by atoms with Crippen molar-refractivity contribution in [2.75, 3.05) is 20.7 Å². The minimum atomic E-state index is -3.61. The Balaban J connectivity index is 1.73. The summed E-state index contributed by atoms with van der Waals surface area (Å²) in [5.41, 5.74) is 2.01. The number of ether oxygens (including phenoxy) is 1. The van der Waals surface area contributed by atoms with E-state index in [4.69, 9.17) is 16.3 Å². The molecule has 0 aliphatic rings. The van der Waals surface area contributed by atoms with Crippen molar-refractivity contribution in [2.24, 2.45) is 0 Å². The number of hydrogen-bond donors (Lipinski definition) is 0. The molecule has 0 unspecified atom stereocenters. The Kier molecular flexibility index (Phi) is 7.90. The smallest absolute Gasteiger partial charge is 0.261 e. The van der Waals surface area contributed by atoms with Gasteiger partial charge < -0.3 is 9.64 Å². The van der Waals surface area contributed by atoms with Crippen molar-refractivity contribution in [2.45, 2.75) is 18.0 Å². The molecule has 3 aromatic rings. The van der Waals surface area contributed by atoms with E-state index < -0.39 is 10.0 Å². The van der Waals surface area contributed by atoms with Gasteiger partial charge in [-0.25, -0.2) is 12.7 Å². The average molecular weight is 473 g/mol. The van der Waals surface area contributed by atoms with Gasteiger partial charge in [-0.1, -0.05) is 72.3 Å². The highest BCUT2D eigenvalue weighted by Crippen LogP contribution is 2.28. The number of amides is 1. The van der Waals surface area contributed by atoms with Crippen molar-refractivity contribution in [3.05, 3.63) is 95.0 Å². The lowest BCUT2D eigenvalue weighted by molar-refractivity contribution is -0.134. The molecule has 0 spiro atoms. The van der Waals surface area contributed by atoms with Crippen LogP contribution in [0.1, 0.15) is 11.1 Å². The number of carbonyl (C=O) groups is 1. The Hall–Kier alpha value is -2.87. The van der Waals surface area contributed by atoms with Gasteiger partial charge in [0.2, 0.25) is 10.0 Å². The van der Waals surface area contributed by atoms with Gasteiger partial charge in [-0.2, -0.15) is 0 Å². The van der Waals surface area contributed by atoms with E-state index in [0.717, 1.165) is 15.4 Å². The second-order valence-corrected chi connectivity index (χ2v) is 9.95. The molecule has 0 saturated carbocycles. The second-order valence-electron chi connectivity index (χ2n) is 7.39. The van der Waals surface area contributed by atoms with Crippen LogP contribution in [0.15, 0.2) is 83.8 Å². The molecule has 0 saturated heterocycles. The molecule has 0 bridgehead atoms. The summed E-state index contributed by atoms with van der Waals surface area (Å²) >= 11 is 6.23. The monoisotopic (exact) mass is 472 g/mol. The van der Waals surface area contributed by atoms with E-state index >= 15 is 0 Å². The first-order chi connectivity index (χ1) is 15.3. The van der Waals surface area contributed by atoms with E-state index in [2.05, 4.69) is 0 Å². The van der Waals surface area contributed by atoms with E-state index in [1.807, 2.05) is 60.7 Å². The van der Waals surface area contributed by atoms with Crippen LogP contribution in [0, 0.1) is 0 Å². The molecule has 3 rings (SSSR count). The van der Waals surface area contributed by atoms with Crippen molar-refractivity contribution in [3.8, 4) is 5.75 Å². The molecule has 0 heterocycles. The van der Waals surface area contributed by atoms with E-state index in [1.54, 1.807) is 4.90 Å². The summed E-state index contributed by atoms with van der Waals surface area (Å²) in [7, 11) is -0.722. The third-order valence-corrected chi connectivity index (χ3v) is 6.92. The molecule has 0 N–H and O–H groups in total. The fourth-order valence-electron chi connectivity index (χ4n) is 3.04. The number of hydrogen-bond acceptors (Lipinski definition) is 4. The fourth-order valence-corrected chi connectivity index (χ4v) is 4.27. The molecule has 0 radical (unpaired) electrons. The van der Waals surface area contributed by atoms with Gasteiger partial charge in [-0.05, 0) is 29.3 Å². The van der Waals surface area contributed by atoms with Crippen molar-refractivity contribution >= 4 is 27.5 Å². The Morgan fingerprint density at radius 1 is 0.875 bits per heavy atom. The van der Waals surface area contributed by atoms with Gasteiger partial charge in [0.05, 0.1) is 9.92 Å². The number of halogens is 1. The first kappa shape index (κ1) is 23.8. The quantitative estimate of drug-likeness (QED) is 0.468. The van der Waals surface area contributed by atoms with E-state index in [1.165, 1.54) is 32.3 Å². The predicted molar refractivity (Wildman–Crippen MR) is 125 cm³/mol. The minimum absolute atomic E-state index is 0.0564. The number of benzene rings is 3. The third kappa shape index (κ3) is 6.09. The average Bonchev–Trinajstić information content (AvgIpc) is 2.79. The number of rotatable bonds is 9. The van der Waals surface area contributed by atoms with Crippen LogP contribution in [0.3, 0.4) is 0 Å². The van der Waals surface area contributed by atoms with Crippen molar-refractivity contribution < 1.29 is 17.9 Å². The fraction of sp³-hybridized carbons (Fsp3) is 0.208. The second kappa shape index (κ2) is 10.6. The Bertz CT molecular complexity index is 1110. The molecule has 0 aliphatic heterocycles. The first-order valence-electron chi connectivity index (χ1n) is 9.98. The maximum absolute atomic E-state index is 13.0. The standard InChI is InChI=1S/C24H25ClN2O4S/c1-26(2)32(29,30)21-13-14-23(22(25)15-21)31-18-24(28)27(16-19-9-5-3-6-10-19)17-20-11-7-4-8-12-20/h3-15H,16-18H2,1-2H3. The molecule has 0 aliphatic carbocycles. The number of nitrogens with zero attached hydrogens (tertiary/aromatic N) is 2. The molecule has 6 nitrogen and oxygen atoms in total. The van der Waals surface area contributed by atoms with Crippen LogP contribution in [-0.2, 0) is 27.9 Å². The van der Waals surface area contributed by atoms with Gasteiger partial charge in [-0.3, -0.25) is 4.79 Å². The SMILES string of the molecule is CN(C)S(=O)(=O)c1ccc(OCC(=O)N(Cc2ccccc2)Cc2ccccc2)c(Cl)c1. The minimum Gasteiger partial charge on any atom is -0.482 e. The summed E-state index contributed by atoms with van der Waals surface area (Å²) in [6, 6.07) is 23.6. The highest BCUT2D eigenvalue weighted by atomic mass is 35.5. The molecule has 0 aromatic heterocycles. The van der Waals surface area contributed by atoms with Crippen LogP contribution in [0.25, 0.3) is 0 Å². The maximum Gasteiger partial charge on any atom is 0.261 e. The van der Waals surface area contributed by atoms with Gasteiger partial charge in [-0.15, -0.1) is 0 Å². The van der Waals surface area contributed by atoms with Crippen LogP contribution in [0.2, 0.25) is 5.02 Å². The molecular formula is C24H25ClN2O4S. The summed E-state index contributed by atoms with van der Waals surface area (Å²) in [4.78, 5) is 14.8. The van der Waals surface area contributed by atoms with Crippen molar-refractivity contribution in [1.82, 2.24) is 9.21 Å². The molecular weight excluding hydrogens is 448 g/mol. The summed E-state index contributed by atoms with van der Waals surface area (Å²) in [6.45, 7) is 0.649. The highest BCUT2D eigenvalue weighted by Gasteiger charge is 2.20. The Morgan fingerprint density at radius 3 is 1.88 bits per heavy atom. The van der Waals surface area contributed by atoms with Gasteiger partial charge in [0.1, 0.15) is 5.75 Å². The van der Waals surface area contributed by atoms with Crippen LogP contribution >= 0.6 is 11.6 Å². The van der Waals surface area contributed by atoms with Gasteiger partial charge in [0, 0.05) is 27.2 Å². The Labute approximate surface area is 194 Å². The number of sulfonamides is 1. The van der Waals surface area contributed by atoms with Gasteiger partial charge >= 0.3 is 0 Å². The van der Waals surface area contributed by atoms with Crippen molar-refractivity contribution in [1.29, 1.82) is 0 Å². The summed E-state index contributed by atoms with van der Waals surface area (Å²) in [6.07, 6.45) is 0. The molecule has 168 valence electrons. The molecule has 0 fully saturated rings. The van der Waals surface area contributed by atoms with Crippen LogP contribution < -0.4 is 4.74 Å².